The number of aryl methyl sites for hydroxylation is 2. The second-order valence-corrected chi connectivity index (χ2v) is 5.89. The van der Waals surface area contributed by atoms with Crippen molar-refractivity contribution in [3.05, 3.63) is 41.7 Å². The maximum Gasteiger partial charge on any atom is 0.277 e. The third kappa shape index (κ3) is 2.80. The average Bonchev–Trinajstić information content (AvgIpc) is 3.06. The van der Waals surface area contributed by atoms with Crippen molar-refractivity contribution >= 4 is 32.6 Å². The van der Waals surface area contributed by atoms with Crippen LogP contribution in [0.15, 0.2) is 30.5 Å². The Hall–Kier alpha value is -2.21. The summed E-state index contributed by atoms with van der Waals surface area (Å²) in [6.07, 6.45) is 2.81. The van der Waals surface area contributed by atoms with Crippen LogP contribution in [0.1, 0.15) is 29.4 Å². The van der Waals surface area contributed by atoms with Gasteiger partial charge in [0.2, 0.25) is 0 Å². The number of fused-ring (bicyclic) bond motifs is 1. The van der Waals surface area contributed by atoms with Gasteiger partial charge in [-0.25, -0.2) is 4.98 Å². The van der Waals surface area contributed by atoms with Gasteiger partial charge < -0.3 is 0 Å². The lowest BCUT2D eigenvalue weighted by Crippen LogP contribution is -2.13. The molecule has 3 rings (SSSR count). The lowest BCUT2D eigenvalue weighted by Gasteiger charge is -1.98. The molecule has 6 heteroatoms. The highest BCUT2D eigenvalue weighted by molar-refractivity contribution is 7.22. The number of carbonyl (C=O) groups is 1. The molecule has 108 valence electrons. The van der Waals surface area contributed by atoms with Gasteiger partial charge >= 0.3 is 0 Å². The molecule has 2 aromatic heterocycles. The maximum atomic E-state index is 12.2. The Kier molecular flexibility index (Phi) is 3.70. The molecular formula is C15H16N4OS. The topological polar surface area (TPSA) is 59.8 Å². The first kappa shape index (κ1) is 13.8. The average molecular weight is 300 g/mol. The van der Waals surface area contributed by atoms with E-state index in [1.54, 1.807) is 10.7 Å². The fraction of sp³-hybridized carbons (Fsp3) is 0.267. The van der Waals surface area contributed by atoms with E-state index in [4.69, 9.17) is 0 Å². The van der Waals surface area contributed by atoms with E-state index >= 15 is 0 Å². The predicted octanol–water partition coefficient (Wildman–Crippen LogP) is 3.46. The summed E-state index contributed by atoms with van der Waals surface area (Å²) in [6, 6.07) is 7.74. The fourth-order valence-corrected chi connectivity index (χ4v) is 3.08. The van der Waals surface area contributed by atoms with Gasteiger partial charge in [0.05, 0.1) is 10.2 Å². The highest BCUT2D eigenvalue weighted by atomic mass is 32.1. The molecule has 0 aliphatic rings. The Labute approximate surface area is 126 Å². The van der Waals surface area contributed by atoms with Crippen LogP contribution in [0.5, 0.6) is 0 Å². The van der Waals surface area contributed by atoms with Gasteiger partial charge in [-0.2, -0.15) is 5.10 Å². The standard InChI is InChI=1S/C15H16N4OS/c1-3-8-19-9-7-11(18-19)14(20)17-15-16-13-10(2)5-4-6-12(13)21-15/h4-7,9H,3,8H2,1-2H3,(H,16,17,20). The number of amides is 1. The van der Waals surface area contributed by atoms with Crippen LogP contribution in [-0.2, 0) is 6.54 Å². The van der Waals surface area contributed by atoms with Gasteiger partial charge in [-0.05, 0) is 31.0 Å². The van der Waals surface area contributed by atoms with Gasteiger partial charge in [-0.1, -0.05) is 30.4 Å². The zero-order valence-electron chi connectivity index (χ0n) is 12.0. The third-order valence-electron chi connectivity index (χ3n) is 3.17. The van der Waals surface area contributed by atoms with Crippen LogP contribution in [0.25, 0.3) is 10.2 Å². The normalized spacial score (nSPS) is 11.0. The van der Waals surface area contributed by atoms with Gasteiger partial charge in [0.1, 0.15) is 0 Å². The summed E-state index contributed by atoms with van der Waals surface area (Å²) in [7, 11) is 0. The molecule has 0 fully saturated rings. The summed E-state index contributed by atoms with van der Waals surface area (Å²) >= 11 is 1.47. The first-order valence-corrected chi connectivity index (χ1v) is 7.70. The van der Waals surface area contributed by atoms with E-state index in [0.29, 0.717) is 10.8 Å². The molecule has 0 saturated heterocycles. The molecule has 1 aromatic carbocycles. The number of hydrogen-bond donors (Lipinski definition) is 1. The number of carbonyl (C=O) groups excluding carboxylic acids is 1. The van der Waals surface area contributed by atoms with E-state index in [1.807, 2.05) is 31.3 Å². The molecule has 0 unspecified atom stereocenters. The lowest BCUT2D eigenvalue weighted by molar-refractivity contribution is 0.102. The number of para-hydroxylation sites is 1. The first-order valence-electron chi connectivity index (χ1n) is 6.88. The van der Waals surface area contributed by atoms with E-state index in [2.05, 4.69) is 22.3 Å². The van der Waals surface area contributed by atoms with E-state index in [9.17, 15) is 4.79 Å². The number of thiazole rings is 1. The lowest BCUT2D eigenvalue weighted by atomic mass is 10.2. The molecule has 5 nitrogen and oxygen atoms in total. The molecule has 0 aliphatic heterocycles. The second-order valence-electron chi connectivity index (χ2n) is 4.86. The molecule has 1 N–H and O–H groups in total. The zero-order valence-corrected chi connectivity index (χ0v) is 12.8. The van der Waals surface area contributed by atoms with E-state index in [-0.39, 0.29) is 5.91 Å². The smallest absolute Gasteiger partial charge is 0.277 e. The number of aromatic nitrogens is 3. The number of anilines is 1. The van der Waals surface area contributed by atoms with Crippen LogP contribution in [0.2, 0.25) is 0 Å². The molecule has 0 radical (unpaired) electrons. The second kappa shape index (κ2) is 5.65. The Balaban J connectivity index is 1.80. The quantitative estimate of drug-likeness (QED) is 0.802. The molecular weight excluding hydrogens is 284 g/mol. The maximum absolute atomic E-state index is 12.2. The van der Waals surface area contributed by atoms with Crippen molar-refractivity contribution in [2.24, 2.45) is 0 Å². The molecule has 0 spiro atoms. The van der Waals surface area contributed by atoms with Gasteiger partial charge in [-0.3, -0.25) is 14.8 Å². The zero-order chi connectivity index (χ0) is 14.8. The minimum Gasteiger partial charge on any atom is -0.296 e. The van der Waals surface area contributed by atoms with Gasteiger partial charge in [0.25, 0.3) is 5.91 Å². The summed E-state index contributed by atoms with van der Waals surface area (Å²) in [5.41, 5.74) is 2.46. The Morgan fingerprint density at radius 1 is 1.38 bits per heavy atom. The molecule has 0 aliphatic carbocycles. The van der Waals surface area contributed by atoms with Crippen molar-refractivity contribution in [2.45, 2.75) is 26.8 Å². The summed E-state index contributed by atoms with van der Waals surface area (Å²) in [6.45, 7) is 4.90. The number of nitrogens with one attached hydrogen (secondary N) is 1. The van der Waals surface area contributed by atoms with Crippen LogP contribution in [0.3, 0.4) is 0 Å². The summed E-state index contributed by atoms with van der Waals surface area (Å²) < 4.78 is 2.85. The van der Waals surface area contributed by atoms with E-state index in [0.717, 1.165) is 28.7 Å². The van der Waals surface area contributed by atoms with Gasteiger partial charge in [0.15, 0.2) is 10.8 Å². The summed E-state index contributed by atoms with van der Waals surface area (Å²) in [5.74, 6) is -0.221. The summed E-state index contributed by atoms with van der Waals surface area (Å²) in [4.78, 5) is 16.6. The SMILES string of the molecule is CCCn1ccc(C(=O)Nc2nc3c(C)cccc3s2)n1. The fourth-order valence-electron chi connectivity index (χ4n) is 2.14. The number of nitrogens with zero attached hydrogens (tertiary/aromatic N) is 3. The molecule has 3 aromatic rings. The first-order chi connectivity index (χ1) is 10.2. The van der Waals surface area contributed by atoms with Crippen molar-refractivity contribution in [2.75, 3.05) is 5.32 Å². The number of hydrogen-bond acceptors (Lipinski definition) is 4. The van der Waals surface area contributed by atoms with Gasteiger partial charge in [0, 0.05) is 12.7 Å². The number of rotatable bonds is 4. The molecule has 0 bridgehead atoms. The van der Waals surface area contributed by atoms with Crippen LogP contribution < -0.4 is 5.32 Å². The molecule has 0 atom stereocenters. The highest BCUT2D eigenvalue weighted by Gasteiger charge is 2.13. The van der Waals surface area contributed by atoms with E-state index in [1.165, 1.54) is 11.3 Å². The molecule has 2 heterocycles. The van der Waals surface area contributed by atoms with Crippen LogP contribution >= 0.6 is 11.3 Å². The van der Waals surface area contributed by atoms with Crippen molar-refractivity contribution < 1.29 is 4.79 Å². The van der Waals surface area contributed by atoms with Gasteiger partial charge in [-0.15, -0.1) is 0 Å². The third-order valence-corrected chi connectivity index (χ3v) is 4.10. The van der Waals surface area contributed by atoms with Crippen molar-refractivity contribution in [3.63, 3.8) is 0 Å². The minimum absolute atomic E-state index is 0.221. The Morgan fingerprint density at radius 2 is 2.24 bits per heavy atom. The Bertz CT molecular complexity index is 790. The number of benzene rings is 1. The van der Waals surface area contributed by atoms with Crippen LogP contribution in [0, 0.1) is 6.92 Å². The largest absolute Gasteiger partial charge is 0.296 e. The molecule has 0 saturated carbocycles. The molecule has 1 amide bonds. The van der Waals surface area contributed by atoms with E-state index < -0.39 is 0 Å². The van der Waals surface area contributed by atoms with Crippen molar-refractivity contribution in [3.8, 4) is 0 Å². The molecule has 21 heavy (non-hydrogen) atoms. The van der Waals surface area contributed by atoms with Crippen LogP contribution in [-0.4, -0.2) is 20.7 Å². The van der Waals surface area contributed by atoms with Crippen LogP contribution in [0.4, 0.5) is 5.13 Å². The predicted molar refractivity (Wildman–Crippen MR) is 84.8 cm³/mol. The van der Waals surface area contributed by atoms with Crippen molar-refractivity contribution in [1.29, 1.82) is 0 Å². The summed E-state index contributed by atoms with van der Waals surface area (Å²) in [5, 5.41) is 7.68. The Morgan fingerprint density at radius 3 is 3.00 bits per heavy atom. The minimum atomic E-state index is -0.221. The highest BCUT2D eigenvalue weighted by Crippen LogP contribution is 2.28. The monoisotopic (exact) mass is 300 g/mol. The van der Waals surface area contributed by atoms with Crippen molar-refractivity contribution in [1.82, 2.24) is 14.8 Å².